The number of amides is 1. The van der Waals surface area contributed by atoms with Gasteiger partial charge in [-0.1, -0.05) is 60.7 Å². The van der Waals surface area contributed by atoms with Crippen LogP contribution < -0.4 is 0 Å². The molecule has 1 amide bonds. The van der Waals surface area contributed by atoms with Gasteiger partial charge in [-0.05, 0) is 43.4 Å². The van der Waals surface area contributed by atoms with Crippen molar-refractivity contribution in [2.45, 2.75) is 44.4 Å². The lowest BCUT2D eigenvalue weighted by atomic mass is 9.84. The van der Waals surface area contributed by atoms with Gasteiger partial charge in [0.1, 0.15) is 6.61 Å². The number of ether oxygens (including phenoxy) is 1. The average Bonchev–Trinajstić information content (AvgIpc) is 3.12. The summed E-state index contributed by atoms with van der Waals surface area (Å²) in [6.07, 6.45) is 4.80. The summed E-state index contributed by atoms with van der Waals surface area (Å²) < 4.78 is 5.58. The number of pyridine rings is 1. The van der Waals surface area contributed by atoms with Crippen LogP contribution in [0.4, 0.5) is 4.79 Å². The molecule has 2 atom stereocenters. The van der Waals surface area contributed by atoms with E-state index in [2.05, 4.69) is 4.98 Å². The first kappa shape index (κ1) is 20.4. The van der Waals surface area contributed by atoms with Crippen LogP contribution in [-0.2, 0) is 11.3 Å². The number of carbonyl (C=O) groups is 2. The molecule has 1 aromatic heterocycles. The van der Waals surface area contributed by atoms with E-state index in [-0.39, 0.29) is 36.5 Å². The molecule has 2 unspecified atom stereocenters. The highest BCUT2D eigenvalue weighted by atomic mass is 16.6. The number of ketones is 1. The van der Waals surface area contributed by atoms with Crippen molar-refractivity contribution in [2.75, 3.05) is 0 Å². The minimum Gasteiger partial charge on any atom is -0.445 e. The molecule has 3 heterocycles. The first-order chi connectivity index (χ1) is 15.7. The molecule has 2 saturated heterocycles. The van der Waals surface area contributed by atoms with Crippen LogP contribution >= 0.6 is 0 Å². The molecule has 32 heavy (non-hydrogen) atoms. The standard InChI is InChI=1S/C27H26N2O3/c30-26(21-11-9-20(10-12-21)25-8-4-5-15-28-25)22-16-23-13-14-24(17-22)29(23)27(31)32-18-19-6-2-1-3-7-19/h1-12,15,22-24H,13-14,16-18H2. The van der Waals surface area contributed by atoms with Crippen LogP contribution in [0.15, 0.2) is 79.0 Å². The van der Waals surface area contributed by atoms with Gasteiger partial charge in [-0.15, -0.1) is 0 Å². The first-order valence-corrected chi connectivity index (χ1v) is 11.2. The van der Waals surface area contributed by atoms with Gasteiger partial charge in [0.05, 0.1) is 5.69 Å². The minimum absolute atomic E-state index is 0.0497. The predicted octanol–water partition coefficient (Wildman–Crippen LogP) is 5.51. The number of hydrogen-bond acceptors (Lipinski definition) is 4. The van der Waals surface area contributed by atoms with E-state index in [4.69, 9.17) is 4.74 Å². The molecule has 2 aromatic carbocycles. The third-order valence-electron chi connectivity index (χ3n) is 6.65. The SMILES string of the molecule is O=C(c1ccc(-c2ccccn2)cc1)C1CC2CCC(C1)N2C(=O)OCc1ccccc1. The molecule has 0 N–H and O–H groups in total. The second-order valence-electron chi connectivity index (χ2n) is 8.66. The van der Waals surface area contributed by atoms with Crippen molar-refractivity contribution in [1.82, 2.24) is 9.88 Å². The third-order valence-corrected chi connectivity index (χ3v) is 6.65. The summed E-state index contributed by atoms with van der Waals surface area (Å²) in [6, 6.07) is 23.4. The number of fused-ring (bicyclic) bond motifs is 2. The Balaban J connectivity index is 1.22. The summed E-state index contributed by atoms with van der Waals surface area (Å²) >= 11 is 0. The minimum atomic E-state index is -0.257. The molecule has 0 spiro atoms. The molecule has 5 nitrogen and oxygen atoms in total. The van der Waals surface area contributed by atoms with Crippen molar-refractivity contribution >= 4 is 11.9 Å². The van der Waals surface area contributed by atoms with E-state index in [0.29, 0.717) is 12.8 Å². The summed E-state index contributed by atoms with van der Waals surface area (Å²) in [5.74, 6) is 0.123. The number of hydrogen-bond donors (Lipinski definition) is 0. The van der Waals surface area contributed by atoms with E-state index in [1.54, 1.807) is 6.20 Å². The summed E-state index contributed by atoms with van der Waals surface area (Å²) in [5.41, 5.74) is 3.60. The Labute approximate surface area is 188 Å². The Morgan fingerprint density at radius 2 is 1.56 bits per heavy atom. The monoisotopic (exact) mass is 426 g/mol. The molecule has 0 saturated carbocycles. The Hall–Kier alpha value is -3.47. The quantitative estimate of drug-likeness (QED) is 0.505. The number of benzene rings is 2. The summed E-state index contributed by atoms with van der Waals surface area (Å²) in [7, 11) is 0. The number of nitrogens with zero attached hydrogens (tertiary/aromatic N) is 2. The lowest BCUT2D eigenvalue weighted by molar-refractivity contribution is 0.0485. The van der Waals surface area contributed by atoms with E-state index < -0.39 is 0 Å². The van der Waals surface area contributed by atoms with E-state index in [1.807, 2.05) is 77.7 Å². The fraction of sp³-hybridized carbons (Fsp3) is 0.296. The fourth-order valence-corrected chi connectivity index (χ4v) is 5.06. The fourth-order valence-electron chi connectivity index (χ4n) is 5.06. The van der Waals surface area contributed by atoms with E-state index in [9.17, 15) is 9.59 Å². The number of aromatic nitrogens is 1. The van der Waals surface area contributed by atoms with Gasteiger partial charge in [0.15, 0.2) is 5.78 Å². The zero-order valence-electron chi connectivity index (χ0n) is 17.9. The Morgan fingerprint density at radius 3 is 2.22 bits per heavy atom. The lowest BCUT2D eigenvalue weighted by Crippen LogP contribution is -2.48. The van der Waals surface area contributed by atoms with Crippen molar-refractivity contribution in [3.8, 4) is 11.3 Å². The maximum Gasteiger partial charge on any atom is 0.410 e. The topological polar surface area (TPSA) is 59.5 Å². The molecular formula is C27H26N2O3. The van der Waals surface area contributed by atoms with Crippen molar-refractivity contribution in [3.05, 3.63) is 90.1 Å². The van der Waals surface area contributed by atoms with Crippen LogP contribution in [0.5, 0.6) is 0 Å². The molecule has 0 radical (unpaired) electrons. The maximum atomic E-state index is 13.2. The second kappa shape index (κ2) is 8.95. The highest BCUT2D eigenvalue weighted by Crippen LogP contribution is 2.40. The van der Waals surface area contributed by atoms with Crippen molar-refractivity contribution in [1.29, 1.82) is 0 Å². The molecule has 2 bridgehead atoms. The normalized spacial score (nSPS) is 21.9. The largest absolute Gasteiger partial charge is 0.445 e. The van der Waals surface area contributed by atoms with Crippen molar-refractivity contribution in [3.63, 3.8) is 0 Å². The van der Waals surface area contributed by atoms with E-state index >= 15 is 0 Å². The van der Waals surface area contributed by atoms with Gasteiger partial charge in [0.2, 0.25) is 0 Å². The Kier molecular flexibility index (Phi) is 5.71. The average molecular weight is 427 g/mol. The van der Waals surface area contributed by atoms with Gasteiger partial charge in [-0.3, -0.25) is 9.78 Å². The molecule has 5 heteroatoms. The van der Waals surface area contributed by atoms with Gasteiger partial charge in [0.25, 0.3) is 0 Å². The van der Waals surface area contributed by atoms with Crippen LogP contribution in [0.25, 0.3) is 11.3 Å². The third kappa shape index (κ3) is 4.15. The summed E-state index contributed by atoms with van der Waals surface area (Å²) in [6.45, 7) is 0.278. The van der Waals surface area contributed by atoms with Crippen molar-refractivity contribution < 1.29 is 14.3 Å². The molecule has 2 aliphatic heterocycles. The Bertz CT molecular complexity index is 1070. The van der Waals surface area contributed by atoms with Crippen molar-refractivity contribution in [2.24, 2.45) is 5.92 Å². The molecule has 162 valence electrons. The molecular weight excluding hydrogens is 400 g/mol. The Morgan fingerprint density at radius 1 is 0.875 bits per heavy atom. The van der Waals surface area contributed by atoms with E-state index in [1.165, 1.54) is 0 Å². The number of piperidine rings is 1. The van der Waals surface area contributed by atoms with Crippen LogP contribution in [0, 0.1) is 5.92 Å². The van der Waals surface area contributed by atoms with Gasteiger partial charge < -0.3 is 9.64 Å². The van der Waals surface area contributed by atoms with Crippen LogP contribution in [-0.4, -0.2) is 33.8 Å². The molecule has 3 aromatic rings. The summed E-state index contributed by atoms with van der Waals surface area (Å²) in [5, 5.41) is 0. The first-order valence-electron chi connectivity index (χ1n) is 11.2. The predicted molar refractivity (Wildman–Crippen MR) is 122 cm³/mol. The molecule has 2 aliphatic rings. The highest BCUT2D eigenvalue weighted by molar-refractivity contribution is 5.98. The molecule has 5 rings (SSSR count). The summed E-state index contributed by atoms with van der Waals surface area (Å²) in [4.78, 5) is 32.2. The van der Waals surface area contributed by atoms with Crippen LogP contribution in [0.2, 0.25) is 0 Å². The number of Topliss-reactive ketones (excluding diaryl/α,β-unsaturated/α-hetero) is 1. The number of rotatable bonds is 5. The van der Waals surface area contributed by atoms with Gasteiger partial charge >= 0.3 is 6.09 Å². The zero-order chi connectivity index (χ0) is 21.9. The maximum absolute atomic E-state index is 13.2. The molecule has 2 fully saturated rings. The second-order valence-corrected chi connectivity index (χ2v) is 8.66. The highest BCUT2D eigenvalue weighted by Gasteiger charge is 2.45. The van der Waals surface area contributed by atoms with Crippen LogP contribution in [0.3, 0.4) is 0 Å². The van der Waals surface area contributed by atoms with Gasteiger partial charge in [-0.2, -0.15) is 0 Å². The van der Waals surface area contributed by atoms with Crippen LogP contribution in [0.1, 0.15) is 41.6 Å². The van der Waals surface area contributed by atoms with Gasteiger partial charge in [0, 0.05) is 35.3 Å². The van der Waals surface area contributed by atoms with E-state index in [0.717, 1.165) is 35.2 Å². The smallest absolute Gasteiger partial charge is 0.410 e. The molecule has 0 aliphatic carbocycles. The lowest BCUT2D eigenvalue weighted by Gasteiger charge is -2.37. The van der Waals surface area contributed by atoms with Gasteiger partial charge in [-0.25, -0.2) is 4.79 Å². The number of carbonyl (C=O) groups excluding carboxylic acids is 2. The zero-order valence-corrected chi connectivity index (χ0v) is 17.9.